The third kappa shape index (κ3) is 3.81. The fourth-order valence-electron chi connectivity index (χ4n) is 1.65. The quantitative estimate of drug-likeness (QED) is 0.885. The van der Waals surface area contributed by atoms with E-state index >= 15 is 0 Å². The van der Waals surface area contributed by atoms with Crippen LogP contribution in [0, 0.1) is 5.82 Å². The van der Waals surface area contributed by atoms with Gasteiger partial charge in [0.05, 0.1) is 6.04 Å². The van der Waals surface area contributed by atoms with Gasteiger partial charge in [0.15, 0.2) is 0 Å². The van der Waals surface area contributed by atoms with Crippen molar-refractivity contribution < 1.29 is 4.39 Å². The van der Waals surface area contributed by atoms with Crippen LogP contribution < -0.4 is 5.32 Å². The van der Waals surface area contributed by atoms with Crippen LogP contribution in [0.3, 0.4) is 0 Å². The normalized spacial score (nSPS) is 12.6. The van der Waals surface area contributed by atoms with E-state index in [-0.39, 0.29) is 11.9 Å². The van der Waals surface area contributed by atoms with Crippen molar-refractivity contribution in [1.82, 2.24) is 15.5 Å². The average molecular weight is 344 g/mol. The first-order chi connectivity index (χ1) is 9.10. The number of nitrogens with one attached hydrogen (secondary N) is 1. The van der Waals surface area contributed by atoms with E-state index in [9.17, 15) is 4.39 Å². The lowest BCUT2D eigenvalue weighted by Gasteiger charge is -2.08. The van der Waals surface area contributed by atoms with Crippen molar-refractivity contribution in [3.8, 4) is 10.6 Å². The number of benzene rings is 1. The molecule has 0 fully saturated rings. The van der Waals surface area contributed by atoms with Crippen molar-refractivity contribution in [1.29, 1.82) is 0 Å². The molecule has 1 heterocycles. The van der Waals surface area contributed by atoms with Crippen molar-refractivity contribution >= 4 is 27.3 Å². The molecule has 6 heteroatoms. The van der Waals surface area contributed by atoms with Gasteiger partial charge in [-0.3, -0.25) is 0 Å². The number of aromatic nitrogens is 2. The van der Waals surface area contributed by atoms with Crippen LogP contribution >= 0.6 is 27.3 Å². The molecule has 0 amide bonds. The topological polar surface area (TPSA) is 37.8 Å². The van der Waals surface area contributed by atoms with Gasteiger partial charge in [0, 0.05) is 10.0 Å². The van der Waals surface area contributed by atoms with Crippen LogP contribution in [0.4, 0.5) is 4.39 Å². The van der Waals surface area contributed by atoms with Crippen LogP contribution in [0.2, 0.25) is 0 Å². The summed E-state index contributed by atoms with van der Waals surface area (Å²) in [6.45, 7) is 5.12. The highest BCUT2D eigenvalue weighted by Crippen LogP contribution is 2.29. The largest absolute Gasteiger partial charge is 0.308 e. The summed E-state index contributed by atoms with van der Waals surface area (Å²) in [7, 11) is 0. The second-order valence-electron chi connectivity index (χ2n) is 4.28. The minimum atomic E-state index is -0.279. The van der Waals surface area contributed by atoms with Crippen LogP contribution in [-0.4, -0.2) is 16.7 Å². The van der Waals surface area contributed by atoms with E-state index in [1.807, 2.05) is 6.07 Å². The van der Waals surface area contributed by atoms with Gasteiger partial charge < -0.3 is 5.32 Å². The number of hydrogen-bond acceptors (Lipinski definition) is 4. The average Bonchev–Trinajstić information content (AvgIpc) is 2.84. The molecule has 0 radical (unpaired) electrons. The van der Waals surface area contributed by atoms with Gasteiger partial charge in [0.2, 0.25) is 0 Å². The highest BCUT2D eigenvalue weighted by molar-refractivity contribution is 9.10. The summed E-state index contributed by atoms with van der Waals surface area (Å²) in [4.78, 5) is 0. The molecule has 1 unspecified atom stereocenters. The molecular formula is C13H15BrFN3S. The van der Waals surface area contributed by atoms with Crippen molar-refractivity contribution in [3.63, 3.8) is 0 Å². The van der Waals surface area contributed by atoms with Gasteiger partial charge in [-0.1, -0.05) is 34.2 Å². The monoisotopic (exact) mass is 343 g/mol. The first-order valence-corrected chi connectivity index (χ1v) is 7.74. The molecule has 1 atom stereocenters. The lowest BCUT2D eigenvalue weighted by Crippen LogP contribution is -2.18. The predicted octanol–water partition coefficient (Wildman–Crippen LogP) is 4.17. The molecule has 0 saturated carbocycles. The fraction of sp³-hybridized carbons (Fsp3) is 0.385. The van der Waals surface area contributed by atoms with Crippen LogP contribution in [0.25, 0.3) is 10.6 Å². The molecular weight excluding hydrogens is 329 g/mol. The molecule has 2 rings (SSSR count). The SMILES string of the molecule is CCCNC(C)c1nnc(-c2cc(F)cc(Br)c2)s1. The molecule has 0 spiro atoms. The molecule has 19 heavy (non-hydrogen) atoms. The molecule has 0 saturated heterocycles. The Morgan fingerprint density at radius 2 is 2.16 bits per heavy atom. The maximum absolute atomic E-state index is 13.4. The molecule has 1 N–H and O–H groups in total. The highest BCUT2D eigenvalue weighted by atomic mass is 79.9. The third-order valence-corrected chi connectivity index (χ3v) is 4.23. The summed E-state index contributed by atoms with van der Waals surface area (Å²) in [5, 5.41) is 13.3. The van der Waals surface area contributed by atoms with Gasteiger partial charge >= 0.3 is 0 Å². The van der Waals surface area contributed by atoms with E-state index in [0.29, 0.717) is 4.47 Å². The van der Waals surface area contributed by atoms with Gasteiger partial charge in [-0.2, -0.15) is 0 Å². The Labute approximate surface area is 124 Å². The zero-order chi connectivity index (χ0) is 13.8. The molecule has 1 aromatic heterocycles. The smallest absolute Gasteiger partial charge is 0.147 e. The van der Waals surface area contributed by atoms with Gasteiger partial charge in [-0.25, -0.2) is 4.39 Å². The van der Waals surface area contributed by atoms with E-state index in [4.69, 9.17) is 0 Å². The lowest BCUT2D eigenvalue weighted by molar-refractivity contribution is 0.564. The fourth-order valence-corrected chi connectivity index (χ4v) is 2.97. The van der Waals surface area contributed by atoms with Gasteiger partial charge in [0.25, 0.3) is 0 Å². The first-order valence-electron chi connectivity index (χ1n) is 6.13. The van der Waals surface area contributed by atoms with Crippen molar-refractivity contribution in [2.24, 2.45) is 0 Å². The van der Waals surface area contributed by atoms with Crippen LogP contribution in [0.5, 0.6) is 0 Å². The summed E-state index contributed by atoms with van der Waals surface area (Å²) in [6, 6.07) is 4.91. The number of rotatable bonds is 5. The van der Waals surface area contributed by atoms with Crippen LogP contribution in [0.15, 0.2) is 22.7 Å². The molecule has 3 nitrogen and oxygen atoms in total. The Balaban J connectivity index is 2.20. The Morgan fingerprint density at radius 1 is 1.37 bits per heavy atom. The van der Waals surface area contributed by atoms with E-state index < -0.39 is 0 Å². The van der Waals surface area contributed by atoms with E-state index in [1.165, 1.54) is 23.5 Å². The zero-order valence-corrected chi connectivity index (χ0v) is 13.2. The second-order valence-corrected chi connectivity index (χ2v) is 6.20. The summed E-state index contributed by atoms with van der Waals surface area (Å²) in [5.74, 6) is -0.279. The first kappa shape index (κ1) is 14.6. The van der Waals surface area contributed by atoms with Gasteiger partial charge in [-0.15, -0.1) is 10.2 Å². The molecule has 0 aliphatic carbocycles. The summed E-state index contributed by atoms with van der Waals surface area (Å²) in [6.07, 6.45) is 1.08. The number of hydrogen-bond donors (Lipinski definition) is 1. The van der Waals surface area contributed by atoms with Crippen molar-refractivity contribution in [2.45, 2.75) is 26.3 Å². The highest BCUT2D eigenvalue weighted by Gasteiger charge is 2.13. The maximum Gasteiger partial charge on any atom is 0.147 e. The van der Waals surface area contributed by atoms with E-state index in [2.05, 4.69) is 45.3 Å². The summed E-state index contributed by atoms with van der Waals surface area (Å²) in [5.41, 5.74) is 0.748. The van der Waals surface area contributed by atoms with Gasteiger partial charge in [-0.05, 0) is 38.1 Å². The van der Waals surface area contributed by atoms with Crippen molar-refractivity contribution in [2.75, 3.05) is 6.54 Å². The zero-order valence-electron chi connectivity index (χ0n) is 10.8. The molecule has 2 aromatic rings. The summed E-state index contributed by atoms with van der Waals surface area (Å²) < 4.78 is 14.1. The minimum Gasteiger partial charge on any atom is -0.308 e. The minimum absolute atomic E-state index is 0.170. The second kappa shape index (κ2) is 6.54. The predicted molar refractivity (Wildman–Crippen MR) is 79.7 cm³/mol. The number of halogens is 2. The van der Waals surface area contributed by atoms with Crippen LogP contribution in [0.1, 0.15) is 31.3 Å². The maximum atomic E-state index is 13.4. The van der Waals surface area contributed by atoms with E-state index in [1.54, 1.807) is 0 Å². The Kier molecular flexibility index (Phi) is 5.01. The molecule has 0 aliphatic rings. The van der Waals surface area contributed by atoms with Crippen LogP contribution in [-0.2, 0) is 0 Å². The Hall–Kier alpha value is -0.850. The summed E-state index contributed by atoms with van der Waals surface area (Å²) >= 11 is 4.77. The third-order valence-electron chi connectivity index (χ3n) is 2.62. The molecule has 102 valence electrons. The Morgan fingerprint density at radius 3 is 2.84 bits per heavy atom. The van der Waals surface area contributed by atoms with E-state index in [0.717, 1.165) is 28.5 Å². The van der Waals surface area contributed by atoms with Crippen molar-refractivity contribution in [3.05, 3.63) is 33.5 Å². The molecule has 0 aliphatic heterocycles. The van der Waals surface area contributed by atoms with Gasteiger partial charge in [0.1, 0.15) is 15.8 Å². The number of nitrogens with zero attached hydrogens (tertiary/aromatic N) is 2. The Bertz CT molecular complexity index is 538. The standard InChI is InChI=1S/C13H15BrFN3S/c1-3-4-16-8(2)12-17-18-13(19-12)9-5-10(14)7-11(15)6-9/h5-8,16H,3-4H2,1-2H3. The molecule has 1 aromatic carbocycles. The lowest BCUT2D eigenvalue weighted by atomic mass is 10.2. The molecule has 0 bridgehead atoms.